The molecule has 0 aliphatic carbocycles. The fourth-order valence-corrected chi connectivity index (χ4v) is 2.44. The highest BCUT2D eigenvalue weighted by molar-refractivity contribution is 14.0. The van der Waals surface area contributed by atoms with Gasteiger partial charge in [-0.05, 0) is 48.7 Å². The van der Waals surface area contributed by atoms with Gasteiger partial charge >= 0.3 is 0 Å². The maximum atomic E-state index is 13.2. The maximum absolute atomic E-state index is 13.2. The molecule has 0 spiro atoms. The number of amides is 1. The van der Waals surface area contributed by atoms with E-state index in [1.807, 2.05) is 25.1 Å². The molecule has 0 aliphatic heterocycles. The summed E-state index contributed by atoms with van der Waals surface area (Å²) in [5, 5.41) is 9.04. The zero-order valence-corrected chi connectivity index (χ0v) is 17.9. The van der Waals surface area contributed by atoms with E-state index in [4.69, 9.17) is 0 Å². The van der Waals surface area contributed by atoms with E-state index < -0.39 is 0 Å². The van der Waals surface area contributed by atoms with Gasteiger partial charge in [0.05, 0.1) is 6.54 Å². The van der Waals surface area contributed by atoms with Gasteiger partial charge in [-0.15, -0.1) is 24.0 Å². The van der Waals surface area contributed by atoms with Gasteiger partial charge in [0.2, 0.25) is 0 Å². The lowest BCUT2D eigenvalue weighted by Crippen LogP contribution is -2.38. The van der Waals surface area contributed by atoms with E-state index in [1.54, 1.807) is 31.3 Å². The molecule has 5 nitrogen and oxygen atoms in total. The van der Waals surface area contributed by atoms with Crippen molar-refractivity contribution in [3.8, 4) is 0 Å². The molecule has 2 aromatic carbocycles. The molecule has 0 heterocycles. The first-order chi connectivity index (χ1) is 12.6. The minimum absolute atomic E-state index is 0. The van der Waals surface area contributed by atoms with Gasteiger partial charge in [-0.25, -0.2) is 9.38 Å². The van der Waals surface area contributed by atoms with Crippen LogP contribution in [0, 0.1) is 5.82 Å². The molecule has 0 radical (unpaired) electrons. The first kappa shape index (κ1) is 22.9. The van der Waals surface area contributed by atoms with Crippen LogP contribution in [0.4, 0.5) is 4.39 Å². The summed E-state index contributed by atoms with van der Waals surface area (Å²) in [6.07, 6.45) is 0.711. The summed E-state index contributed by atoms with van der Waals surface area (Å²) < 4.78 is 13.2. The lowest BCUT2D eigenvalue weighted by Gasteiger charge is -2.11. The van der Waals surface area contributed by atoms with E-state index in [0.29, 0.717) is 31.0 Å². The quantitative estimate of drug-likeness (QED) is 0.322. The summed E-state index contributed by atoms with van der Waals surface area (Å²) in [4.78, 5) is 16.1. The van der Waals surface area contributed by atoms with Gasteiger partial charge < -0.3 is 16.0 Å². The lowest BCUT2D eigenvalue weighted by molar-refractivity contribution is 0.0963. The Labute approximate surface area is 176 Å². The monoisotopic (exact) mass is 484 g/mol. The topological polar surface area (TPSA) is 65.5 Å². The third-order valence-electron chi connectivity index (χ3n) is 3.80. The molecule has 2 aromatic rings. The number of hydrogen-bond acceptors (Lipinski definition) is 2. The highest BCUT2D eigenvalue weighted by Gasteiger charge is 2.03. The average molecular weight is 484 g/mol. The second kappa shape index (κ2) is 12.3. The second-order valence-corrected chi connectivity index (χ2v) is 5.78. The number of carbonyl (C=O) groups excluding carboxylic acids is 1. The third kappa shape index (κ3) is 7.94. The van der Waals surface area contributed by atoms with Crippen molar-refractivity contribution in [1.82, 2.24) is 16.0 Å². The van der Waals surface area contributed by atoms with E-state index in [1.165, 1.54) is 6.07 Å². The molecule has 1 amide bonds. The van der Waals surface area contributed by atoms with E-state index in [-0.39, 0.29) is 35.7 Å². The van der Waals surface area contributed by atoms with Crippen molar-refractivity contribution in [2.24, 2.45) is 4.99 Å². The summed E-state index contributed by atoms with van der Waals surface area (Å²) in [5.41, 5.74) is 2.58. The molecule has 7 heteroatoms. The van der Waals surface area contributed by atoms with Crippen LogP contribution in [0.15, 0.2) is 53.5 Å². The van der Waals surface area contributed by atoms with Crippen LogP contribution in [0.25, 0.3) is 0 Å². The summed E-state index contributed by atoms with van der Waals surface area (Å²) in [6.45, 7) is 3.91. The molecule has 0 aliphatic rings. The number of nitrogens with zero attached hydrogens (tertiary/aromatic N) is 1. The van der Waals surface area contributed by atoms with Crippen molar-refractivity contribution < 1.29 is 9.18 Å². The fourth-order valence-electron chi connectivity index (χ4n) is 2.44. The molecule has 146 valence electrons. The van der Waals surface area contributed by atoms with Gasteiger partial charge in [-0.1, -0.05) is 24.3 Å². The Morgan fingerprint density at radius 2 is 1.81 bits per heavy atom. The molecular formula is C20H26FIN4O. The lowest BCUT2D eigenvalue weighted by atomic mass is 10.1. The van der Waals surface area contributed by atoms with Gasteiger partial charge in [-0.3, -0.25) is 4.79 Å². The number of carbonyl (C=O) groups is 1. The molecule has 27 heavy (non-hydrogen) atoms. The van der Waals surface area contributed by atoms with Crippen molar-refractivity contribution in [1.29, 1.82) is 0 Å². The summed E-state index contributed by atoms with van der Waals surface area (Å²) in [6, 6.07) is 14.0. The number of guanidine groups is 1. The largest absolute Gasteiger partial charge is 0.357 e. The van der Waals surface area contributed by atoms with E-state index in [0.717, 1.165) is 17.7 Å². The van der Waals surface area contributed by atoms with Crippen LogP contribution >= 0.6 is 24.0 Å². The molecule has 0 fully saturated rings. The van der Waals surface area contributed by atoms with Gasteiger partial charge in [-0.2, -0.15) is 0 Å². The highest BCUT2D eigenvalue weighted by atomic mass is 127. The Balaban J connectivity index is 0.00000364. The first-order valence-corrected chi connectivity index (χ1v) is 8.70. The van der Waals surface area contributed by atoms with Crippen LogP contribution in [0.2, 0.25) is 0 Å². The number of aliphatic imine (C=N–C) groups is 1. The Hall–Kier alpha value is -2.16. The van der Waals surface area contributed by atoms with Crippen LogP contribution in [0.1, 0.15) is 28.4 Å². The van der Waals surface area contributed by atoms with E-state index in [9.17, 15) is 9.18 Å². The zero-order chi connectivity index (χ0) is 18.8. The molecule has 2 rings (SSSR count). The minimum atomic E-state index is -0.219. The molecule has 0 unspecified atom stereocenters. The Morgan fingerprint density at radius 1 is 1.07 bits per heavy atom. The maximum Gasteiger partial charge on any atom is 0.251 e. The van der Waals surface area contributed by atoms with Gasteiger partial charge in [0.15, 0.2) is 5.96 Å². The smallest absolute Gasteiger partial charge is 0.251 e. The predicted octanol–water partition coefficient (Wildman–Crippen LogP) is 3.10. The van der Waals surface area contributed by atoms with Gasteiger partial charge in [0, 0.05) is 25.7 Å². The molecule has 0 bridgehead atoms. The van der Waals surface area contributed by atoms with Crippen LogP contribution in [-0.4, -0.2) is 32.0 Å². The van der Waals surface area contributed by atoms with Crippen molar-refractivity contribution >= 4 is 35.8 Å². The van der Waals surface area contributed by atoms with Crippen LogP contribution < -0.4 is 16.0 Å². The minimum Gasteiger partial charge on any atom is -0.357 e. The normalized spacial score (nSPS) is 10.7. The number of hydrogen-bond donors (Lipinski definition) is 3. The highest BCUT2D eigenvalue weighted by Crippen LogP contribution is 2.06. The molecule has 0 atom stereocenters. The molecule has 0 saturated carbocycles. The van der Waals surface area contributed by atoms with Crippen LogP contribution in [-0.2, 0) is 13.0 Å². The Kier molecular flexibility index (Phi) is 10.4. The first-order valence-electron chi connectivity index (χ1n) is 8.70. The third-order valence-corrected chi connectivity index (χ3v) is 3.80. The van der Waals surface area contributed by atoms with Crippen LogP contribution in [0.3, 0.4) is 0 Å². The number of nitrogens with one attached hydrogen (secondary N) is 3. The summed E-state index contributed by atoms with van der Waals surface area (Å²) in [7, 11) is 1.61. The fraction of sp³-hybridized carbons (Fsp3) is 0.300. The molecule has 0 saturated heterocycles. The van der Waals surface area contributed by atoms with E-state index >= 15 is 0 Å². The second-order valence-electron chi connectivity index (χ2n) is 5.78. The van der Waals surface area contributed by atoms with Gasteiger partial charge in [0.1, 0.15) is 5.82 Å². The molecule has 0 aromatic heterocycles. The van der Waals surface area contributed by atoms with Gasteiger partial charge in [0.25, 0.3) is 5.91 Å². The van der Waals surface area contributed by atoms with Crippen molar-refractivity contribution in [2.45, 2.75) is 19.9 Å². The predicted molar refractivity (Wildman–Crippen MR) is 118 cm³/mol. The van der Waals surface area contributed by atoms with E-state index in [2.05, 4.69) is 20.9 Å². The number of benzene rings is 2. The summed E-state index contributed by atoms with van der Waals surface area (Å²) in [5.74, 6) is 0.384. The Morgan fingerprint density at radius 3 is 2.44 bits per heavy atom. The van der Waals surface area contributed by atoms with Crippen LogP contribution in [0.5, 0.6) is 0 Å². The van der Waals surface area contributed by atoms with Crippen molar-refractivity contribution in [3.63, 3.8) is 0 Å². The summed E-state index contributed by atoms with van der Waals surface area (Å²) >= 11 is 0. The van der Waals surface area contributed by atoms with Crippen molar-refractivity contribution in [3.05, 3.63) is 71.0 Å². The standard InChI is InChI=1S/C20H25FN4O.HI/c1-3-23-20(24-12-11-15-5-4-6-18(21)13-15)25-14-16-7-9-17(10-8-16)19(26)22-2;/h4-10,13H,3,11-12,14H2,1-2H3,(H,22,26)(H2,23,24,25);1H. The number of rotatable bonds is 7. The van der Waals surface area contributed by atoms with Crippen molar-refractivity contribution in [2.75, 3.05) is 20.1 Å². The molecular weight excluding hydrogens is 458 g/mol. The zero-order valence-electron chi connectivity index (χ0n) is 15.6. The number of halogens is 2. The molecule has 3 N–H and O–H groups in total. The SMILES string of the molecule is CCNC(=NCc1ccc(C(=O)NC)cc1)NCCc1cccc(F)c1.I. The average Bonchev–Trinajstić information content (AvgIpc) is 2.66. The Bertz CT molecular complexity index is 750.